The lowest BCUT2D eigenvalue weighted by atomic mass is 10.1. The molecule has 0 aliphatic rings. The summed E-state index contributed by atoms with van der Waals surface area (Å²) in [6, 6.07) is 0. The van der Waals surface area contributed by atoms with Crippen LogP contribution in [0.2, 0.25) is 0 Å². The van der Waals surface area contributed by atoms with E-state index in [9.17, 15) is 0 Å². The van der Waals surface area contributed by atoms with Crippen LogP contribution >= 0.6 is 12.6 Å². The summed E-state index contributed by atoms with van der Waals surface area (Å²) < 4.78 is 20.9. The second-order valence-corrected chi connectivity index (χ2v) is 4.11. The molecule has 0 aliphatic carbocycles. The summed E-state index contributed by atoms with van der Waals surface area (Å²) in [5.41, 5.74) is 0. The number of rotatable bonds is 13. The predicted molar refractivity (Wildman–Crippen MR) is 72.0 cm³/mol. The molecule has 17 heavy (non-hydrogen) atoms. The molecule has 0 aromatic rings. The third kappa shape index (κ3) is 12.4. The van der Waals surface area contributed by atoms with E-state index >= 15 is 0 Å². The summed E-state index contributed by atoms with van der Waals surface area (Å²) in [4.78, 5) is 0. The second kappa shape index (κ2) is 14.3. The lowest BCUT2D eigenvalue weighted by Crippen LogP contribution is -2.15. The molecule has 1 unspecified atom stereocenters. The van der Waals surface area contributed by atoms with Gasteiger partial charge in [-0.05, 0) is 11.7 Å². The van der Waals surface area contributed by atoms with Crippen molar-refractivity contribution in [2.75, 3.05) is 59.1 Å². The van der Waals surface area contributed by atoms with Gasteiger partial charge in [0.25, 0.3) is 0 Å². The van der Waals surface area contributed by atoms with Crippen molar-refractivity contribution in [1.82, 2.24) is 0 Å². The zero-order valence-electron chi connectivity index (χ0n) is 11.0. The number of hydrogen-bond donors (Lipinski definition) is 1. The first-order chi connectivity index (χ1) is 8.35. The van der Waals surface area contributed by atoms with E-state index in [4.69, 9.17) is 18.9 Å². The Balaban J connectivity index is 3.03. The molecular weight excluding hydrogens is 240 g/mol. The van der Waals surface area contributed by atoms with E-state index in [0.29, 0.717) is 45.6 Å². The molecule has 1 atom stereocenters. The molecule has 104 valence electrons. The van der Waals surface area contributed by atoms with Crippen molar-refractivity contribution in [3.8, 4) is 0 Å². The molecule has 0 bridgehead atoms. The average molecular weight is 266 g/mol. The fourth-order valence-electron chi connectivity index (χ4n) is 1.13. The van der Waals surface area contributed by atoms with Crippen LogP contribution in [0.1, 0.15) is 13.3 Å². The van der Waals surface area contributed by atoms with Gasteiger partial charge >= 0.3 is 0 Å². The van der Waals surface area contributed by atoms with Crippen molar-refractivity contribution in [2.45, 2.75) is 13.3 Å². The Morgan fingerprint density at radius 2 is 1.41 bits per heavy atom. The third-order valence-corrected chi connectivity index (χ3v) is 2.88. The van der Waals surface area contributed by atoms with Crippen LogP contribution in [-0.2, 0) is 18.9 Å². The van der Waals surface area contributed by atoms with Crippen LogP contribution in [0, 0.1) is 5.92 Å². The maximum atomic E-state index is 5.49. The molecule has 0 aliphatic heterocycles. The molecule has 0 aromatic heterocycles. The molecule has 0 rings (SSSR count). The largest absolute Gasteiger partial charge is 0.382 e. The molecule has 0 radical (unpaired) electrons. The monoisotopic (exact) mass is 266 g/mol. The highest BCUT2D eigenvalue weighted by Crippen LogP contribution is 2.04. The van der Waals surface area contributed by atoms with E-state index in [-0.39, 0.29) is 0 Å². The molecule has 0 fully saturated rings. The van der Waals surface area contributed by atoms with Crippen LogP contribution in [-0.4, -0.2) is 59.1 Å². The lowest BCUT2D eigenvalue weighted by molar-refractivity contribution is -0.000484. The van der Waals surface area contributed by atoms with E-state index in [1.807, 2.05) is 0 Å². The molecule has 0 N–H and O–H groups in total. The summed E-state index contributed by atoms with van der Waals surface area (Å²) in [5.74, 6) is 1.43. The minimum atomic E-state index is 0.552. The van der Waals surface area contributed by atoms with Gasteiger partial charge < -0.3 is 18.9 Å². The molecule has 0 amide bonds. The van der Waals surface area contributed by atoms with E-state index in [1.54, 1.807) is 7.11 Å². The van der Waals surface area contributed by atoms with Crippen molar-refractivity contribution in [2.24, 2.45) is 5.92 Å². The van der Waals surface area contributed by atoms with Gasteiger partial charge in [0.2, 0.25) is 0 Å². The van der Waals surface area contributed by atoms with Crippen LogP contribution in [0.3, 0.4) is 0 Å². The van der Waals surface area contributed by atoms with E-state index in [2.05, 4.69) is 19.6 Å². The molecular formula is C12H26O4S. The van der Waals surface area contributed by atoms with Gasteiger partial charge in [0.15, 0.2) is 0 Å². The van der Waals surface area contributed by atoms with Gasteiger partial charge in [-0.15, -0.1) is 0 Å². The highest BCUT2D eigenvalue weighted by Gasteiger charge is 2.02. The van der Waals surface area contributed by atoms with E-state index in [0.717, 1.165) is 18.8 Å². The smallest absolute Gasteiger partial charge is 0.0701 e. The Morgan fingerprint density at radius 3 is 1.88 bits per heavy atom. The number of methoxy groups -OCH3 is 1. The Kier molecular flexibility index (Phi) is 14.4. The number of hydrogen-bond acceptors (Lipinski definition) is 5. The van der Waals surface area contributed by atoms with Gasteiger partial charge in [-0.1, -0.05) is 13.3 Å². The summed E-state index contributed by atoms with van der Waals surface area (Å²) in [6.45, 7) is 6.65. The van der Waals surface area contributed by atoms with Crippen LogP contribution in [0.15, 0.2) is 0 Å². The van der Waals surface area contributed by atoms with Crippen LogP contribution < -0.4 is 0 Å². The molecule has 0 saturated heterocycles. The molecule has 0 spiro atoms. The zero-order chi connectivity index (χ0) is 12.8. The summed E-state index contributed by atoms with van der Waals surface area (Å²) in [6.07, 6.45) is 1.11. The van der Waals surface area contributed by atoms with Crippen LogP contribution in [0.4, 0.5) is 0 Å². The number of ether oxygens (including phenoxy) is 4. The summed E-state index contributed by atoms with van der Waals surface area (Å²) in [7, 11) is 1.66. The zero-order valence-corrected chi connectivity index (χ0v) is 11.9. The van der Waals surface area contributed by atoms with Gasteiger partial charge in [-0.3, -0.25) is 0 Å². The molecule has 4 nitrogen and oxygen atoms in total. The topological polar surface area (TPSA) is 36.9 Å². The maximum Gasteiger partial charge on any atom is 0.0701 e. The van der Waals surface area contributed by atoms with Gasteiger partial charge in [0, 0.05) is 7.11 Å². The minimum Gasteiger partial charge on any atom is -0.382 e. The fraction of sp³-hybridized carbons (Fsp3) is 1.00. The maximum absolute atomic E-state index is 5.49. The predicted octanol–water partition coefficient (Wildman–Crippen LogP) is 1.64. The minimum absolute atomic E-state index is 0.552. The summed E-state index contributed by atoms with van der Waals surface area (Å²) in [5, 5.41) is 0. The van der Waals surface area contributed by atoms with Crippen molar-refractivity contribution in [3.05, 3.63) is 0 Å². The van der Waals surface area contributed by atoms with Crippen molar-refractivity contribution >= 4 is 12.6 Å². The normalized spacial score (nSPS) is 12.9. The Labute approximate surface area is 110 Å². The van der Waals surface area contributed by atoms with Crippen molar-refractivity contribution in [1.29, 1.82) is 0 Å². The number of thiol groups is 1. The SMILES string of the molecule is CCC(CS)COCCOCCOCCOC. The first-order valence-corrected chi connectivity index (χ1v) is 6.81. The molecule has 0 saturated carbocycles. The van der Waals surface area contributed by atoms with Crippen molar-refractivity contribution < 1.29 is 18.9 Å². The lowest BCUT2D eigenvalue weighted by Gasteiger charge is -2.12. The highest BCUT2D eigenvalue weighted by atomic mass is 32.1. The summed E-state index contributed by atoms with van der Waals surface area (Å²) >= 11 is 4.26. The molecule has 0 heterocycles. The van der Waals surface area contributed by atoms with Gasteiger partial charge in [-0.25, -0.2) is 0 Å². The molecule has 5 heteroatoms. The van der Waals surface area contributed by atoms with E-state index in [1.165, 1.54) is 0 Å². The fourth-order valence-corrected chi connectivity index (χ4v) is 1.50. The van der Waals surface area contributed by atoms with Gasteiger partial charge in [-0.2, -0.15) is 12.6 Å². The molecule has 0 aromatic carbocycles. The highest BCUT2D eigenvalue weighted by molar-refractivity contribution is 7.80. The third-order valence-electron chi connectivity index (χ3n) is 2.36. The van der Waals surface area contributed by atoms with Crippen LogP contribution in [0.5, 0.6) is 0 Å². The Bertz CT molecular complexity index is 142. The van der Waals surface area contributed by atoms with Gasteiger partial charge in [0.05, 0.1) is 46.2 Å². The van der Waals surface area contributed by atoms with E-state index < -0.39 is 0 Å². The Morgan fingerprint density at radius 1 is 0.882 bits per heavy atom. The Hall–Kier alpha value is 0.190. The average Bonchev–Trinajstić information content (AvgIpc) is 2.36. The standard InChI is InChI=1S/C12H26O4S/c1-3-12(11-17)10-16-9-8-15-7-6-14-5-4-13-2/h12,17H,3-11H2,1-2H3. The first kappa shape index (κ1) is 17.2. The second-order valence-electron chi connectivity index (χ2n) is 3.75. The van der Waals surface area contributed by atoms with Crippen molar-refractivity contribution in [3.63, 3.8) is 0 Å². The quantitative estimate of drug-likeness (QED) is 0.406. The van der Waals surface area contributed by atoms with Crippen LogP contribution in [0.25, 0.3) is 0 Å². The first-order valence-electron chi connectivity index (χ1n) is 6.18. The van der Waals surface area contributed by atoms with Gasteiger partial charge in [0.1, 0.15) is 0 Å².